The second-order valence-corrected chi connectivity index (χ2v) is 7.30. The number of fused-ring (bicyclic) bond motifs is 1. The number of aromatic nitrogens is 1. The van der Waals surface area contributed by atoms with Crippen LogP contribution in [0.2, 0.25) is 0 Å². The Bertz CT molecular complexity index is 734. The first-order valence-electron chi connectivity index (χ1n) is 6.35. The third kappa shape index (κ3) is 3.85. The Morgan fingerprint density at radius 3 is 2.76 bits per heavy atom. The number of nitrogens with one attached hydrogen (secondary N) is 2. The first-order chi connectivity index (χ1) is 9.96. The zero-order valence-electron chi connectivity index (χ0n) is 11.8. The van der Waals surface area contributed by atoms with Gasteiger partial charge < -0.3 is 5.43 Å². The molecule has 4 N–H and O–H groups in total. The van der Waals surface area contributed by atoms with Crippen LogP contribution in [-0.4, -0.2) is 31.5 Å². The van der Waals surface area contributed by atoms with Crippen LogP contribution in [0, 0.1) is 0 Å². The van der Waals surface area contributed by atoms with Crippen LogP contribution in [-0.2, 0) is 10.0 Å². The van der Waals surface area contributed by atoms with E-state index in [2.05, 4.69) is 15.1 Å². The second-order valence-electron chi connectivity index (χ2n) is 4.67. The van der Waals surface area contributed by atoms with Gasteiger partial charge in [0.05, 0.1) is 10.4 Å². The molecule has 21 heavy (non-hydrogen) atoms. The van der Waals surface area contributed by atoms with Gasteiger partial charge in [-0.3, -0.25) is 0 Å². The molecule has 1 heterocycles. The Labute approximate surface area is 128 Å². The van der Waals surface area contributed by atoms with E-state index in [-0.39, 0.29) is 10.9 Å². The van der Waals surface area contributed by atoms with Crippen LogP contribution >= 0.6 is 11.8 Å². The highest BCUT2D eigenvalue weighted by atomic mass is 32.2. The number of hydrazine groups is 1. The van der Waals surface area contributed by atoms with Crippen LogP contribution < -0.4 is 16.0 Å². The van der Waals surface area contributed by atoms with Crippen molar-refractivity contribution in [3.63, 3.8) is 0 Å². The van der Waals surface area contributed by atoms with Crippen LogP contribution in [0.25, 0.3) is 10.9 Å². The molecule has 0 radical (unpaired) electrons. The minimum Gasteiger partial charge on any atom is -0.308 e. The van der Waals surface area contributed by atoms with E-state index < -0.39 is 10.0 Å². The van der Waals surface area contributed by atoms with Gasteiger partial charge in [-0.15, -0.1) is 0 Å². The first-order valence-corrected chi connectivity index (χ1v) is 9.22. The van der Waals surface area contributed by atoms with Gasteiger partial charge in [0.1, 0.15) is 5.82 Å². The monoisotopic (exact) mass is 326 g/mol. The molecule has 0 saturated carbocycles. The van der Waals surface area contributed by atoms with Gasteiger partial charge >= 0.3 is 0 Å². The van der Waals surface area contributed by atoms with Gasteiger partial charge in [0, 0.05) is 17.2 Å². The number of nitrogens with zero attached hydrogens (tertiary/aromatic N) is 1. The van der Waals surface area contributed by atoms with Crippen molar-refractivity contribution in [1.29, 1.82) is 0 Å². The van der Waals surface area contributed by atoms with E-state index in [1.54, 1.807) is 42.1 Å². The van der Waals surface area contributed by atoms with E-state index in [1.807, 2.05) is 13.2 Å². The molecule has 0 amide bonds. The average Bonchev–Trinajstić information content (AvgIpc) is 2.45. The number of pyridine rings is 1. The lowest BCUT2D eigenvalue weighted by Gasteiger charge is -2.13. The number of hydrogen-bond donors (Lipinski definition) is 3. The highest BCUT2D eigenvalue weighted by Gasteiger charge is 2.17. The summed E-state index contributed by atoms with van der Waals surface area (Å²) in [6, 6.07) is 8.18. The van der Waals surface area contributed by atoms with Gasteiger partial charge in [0.25, 0.3) is 0 Å². The molecular weight excluding hydrogens is 308 g/mol. The number of rotatable bonds is 6. The van der Waals surface area contributed by atoms with Crippen molar-refractivity contribution >= 4 is 38.5 Å². The fourth-order valence-corrected chi connectivity index (χ4v) is 3.94. The molecule has 1 unspecified atom stereocenters. The Balaban J connectivity index is 2.34. The van der Waals surface area contributed by atoms with Crippen LogP contribution in [0.3, 0.4) is 0 Å². The van der Waals surface area contributed by atoms with Crippen LogP contribution in [0.1, 0.15) is 6.92 Å². The van der Waals surface area contributed by atoms with Crippen LogP contribution in [0.15, 0.2) is 35.2 Å². The van der Waals surface area contributed by atoms with Crippen molar-refractivity contribution in [2.24, 2.45) is 5.84 Å². The van der Waals surface area contributed by atoms with E-state index in [9.17, 15) is 8.42 Å². The summed E-state index contributed by atoms with van der Waals surface area (Å²) in [6.45, 7) is 1.84. The molecule has 2 rings (SSSR count). The van der Waals surface area contributed by atoms with Crippen molar-refractivity contribution in [3.8, 4) is 0 Å². The summed E-state index contributed by atoms with van der Waals surface area (Å²) in [6.07, 6.45) is 1.94. The highest BCUT2D eigenvalue weighted by molar-refractivity contribution is 7.98. The molecule has 1 atom stereocenters. The summed E-state index contributed by atoms with van der Waals surface area (Å²) in [5.41, 5.74) is 3.14. The summed E-state index contributed by atoms with van der Waals surface area (Å²) in [5.74, 6) is 6.56. The molecule has 2 aromatic rings. The summed E-state index contributed by atoms with van der Waals surface area (Å²) >= 11 is 1.60. The SMILES string of the molecule is CSCC(C)NS(=O)(=O)c1ccc2nc(NN)ccc2c1. The van der Waals surface area contributed by atoms with E-state index in [1.165, 1.54) is 0 Å². The van der Waals surface area contributed by atoms with Gasteiger partial charge in [0.15, 0.2) is 0 Å². The Kier molecular flexibility index (Phi) is 5.04. The largest absolute Gasteiger partial charge is 0.308 e. The van der Waals surface area contributed by atoms with Gasteiger partial charge in [-0.2, -0.15) is 11.8 Å². The zero-order chi connectivity index (χ0) is 15.5. The summed E-state index contributed by atoms with van der Waals surface area (Å²) in [7, 11) is -3.52. The lowest BCUT2D eigenvalue weighted by Crippen LogP contribution is -2.34. The fraction of sp³-hybridized carbons (Fsp3) is 0.308. The number of thioether (sulfide) groups is 1. The topological polar surface area (TPSA) is 97.1 Å². The molecule has 0 aliphatic heterocycles. The lowest BCUT2D eigenvalue weighted by atomic mass is 10.2. The Hall–Kier alpha value is -1.35. The minimum atomic E-state index is -3.52. The molecule has 1 aromatic heterocycles. The minimum absolute atomic E-state index is 0.123. The molecule has 1 aromatic carbocycles. The van der Waals surface area contributed by atoms with Crippen LogP contribution in [0.4, 0.5) is 5.82 Å². The fourth-order valence-electron chi connectivity index (χ4n) is 1.97. The van der Waals surface area contributed by atoms with Crippen molar-refractivity contribution < 1.29 is 8.42 Å². The van der Waals surface area contributed by atoms with E-state index in [4.69, 9.17) is 5.84 Å². The number of anilines is 1. The molecule has 0 saturated heterocycles. The third-order valence-corrected chi connectivity index (χ3v) is 5.31. The Morgan fingerprint density at radius 1 is 1.33 bits per heavy atom. The maximum absolute atomic E-state index is 12.3. The van der Waals surface area contributed by atoms with Gasteiger partial charge in [0.2, 0.25) is 10.0 Å². The first kappa shape index (κ1) is 16.0. The quantitative estimate of drug-likeness (QED) is 0.550. The number of nitrogen functional groups attached to an aromatic ring is 1. The molecule has 114 valence electrons. The van der Waals surface area contributed by atoms with Crippen molar-refractivity contribution in [2.45, 2.75) is 17.9 Å². The molecule has 0 fully saturated rings. The molecule has 0 spiro atoms. The third-order valence-electron chi connectivity index (χ3n) is 2.89. The summed E-state index contributed by atoms with van der Waals surface area (Å²) < 4.78 is 27.3. The Morgan fingerprint density at radius 2 is 2.10 bits per heavy atom. The summed E-state index contributed by atoms with van der Waals surface area (Å²) in [4.78, 5) is 4.49. The normalized spacial score (nSPS) is 13.3. The van der Waals surface area contributed by atoms with Crippen molar-refractivity contribution in [3.05, 3.63) is 30.3 Å². The molecule has 6 nitrogen and oxygen atoms in total. The van der Waals surface area contributed by atoms with Gasteiger partial charge in [-0.05, 0) is 43.5 Å². The number of sulfonamides is 1. The zero-order valence-corrected chi connectivity index (χ0v) is 13.5. The lowest BCUT2D eigenvalue weighted by molar-refractivity contribution is 0.571. The maximum atomic E-state index is 12.3. The highest BCUT2D eigenvalue weighted by Crippen LogP contribution is 2.19. The predicted octanol–water partition coefficient (Wildman–Crippen LogP) is 1.55. The standard InChI is InChI=1S/C13H18N4O2S2/c1-9(8-20-2)17-21(18,19)11-4-5-12-10(7-11)3-6-13(15-12)16-14/h3-7,9,17H,8,14H2,1-2H3,(H,15,16). The molecule has 8 heteroatoms. The molecule has 0 aliphatic rings. The van der Waals surface area contributed by atoms with Crippen LogP contribution in [0.5, 0.6) is 0 Å². The molecule has 0 aliphatic carbocycles. The van der Waals surface area contributed by atoms with Crippen molar-refractivity contribution in [2.75, 3.05) is 17.4 Å². The number of nitrogens with two attached hydrogens (primary N) is 1. The van der Waals surface area contributed by atoms with Crippen molar-refractivity contribution in [1.82, 2.24) is 9.71 Å². The molecular formula is C13H18N4O2S2. The van der Waals surface area contributed by atoms with E-state index in [0.717, 1.165) is 11.1 Å². The smallest absolute Gasteiger partial charge is 0.240 e. The van der Waals surface area contributed by atoms with E-state index >= 15 is 0 Å². The van der Waals surface area contributed by atoms with Gasteiger partial charge in [-0.1, -0.05) is 0 Å². The maximum Gasteiger partial charge on any atom is 0.240 e. The summed E-state index contributed by atoms with van der Waals surface area (Å²) in [5, 5.41) is 0.745. The number of hydrogen-bond acceptors (Lipinski definition) is 6. The number of benzene rings is 1. The second kappa shape index (κ2) is 6.61. The predicted molar refractivity (Wildman–Crippen MR) is 87.7 cm³/mol. The van der Waals surface area contributed by atoms with Gasteiger partial charge in [-0.25, -0.2) is 24.0 Å². The van der Waals surface area contributed by atoms with E-state index in [0.29, 0.717) is 11.3 Å². The average molecular weight is 326 g/mol. The molecule has 0 bridgehead atoms.